The highest BCUT2D eigenvalue weighted by molar-refractivity contribution is 9.10. The molecule has 7 heteroatoms. The van der Waals surface area contributed by atoms with Crippen LogP contribution in [0.1, 0.15) is 23.0 Å². The summed E-state index contributed by atoms with van der Waals surface area (Å²) in [5.74, 6) is -0.627. The van der Waals surface area contributed by atoms with Crippen molar-refractivity contribution in [2.75, 3.05) is 6.61 Å². The molecular formula is C14H11BrClFN2O2. The first-order valence-electron chi connectivity index (χ1n) is 6.11. The SMILES string of the molecule is CCOC(=O)c1cnc(-c2cc(F)ccc2Br)nc1CCl. The molecule has 1 heterocycles. The Hall–Kier alpha value is -1.53. The van der Waals surface area contributed by atoms with Crippen LogP contribution >= 0.6 is 27.5 Å². The van der Waals surface area contributed by atoms with Gasteiger partial charge in [0.2, 0.25) is 0 Å². The Morgan fingerprint density at radius 1 is 1.48 bits per heavy atom. The summed E-state index contributed by atoms with van der Waals surface area (Å²) in [6.07, 6.45) is 1.34. The second-order valence-corrected chi connectivity index (χ2v) is 5.15. The topological polar surface area (TPSA) is 52.1 Å². The number of hydrogen-bond acceptors (Lipinski definition) is 4. The van der Waals surface area contributed by atoms with E-state index in [4.69, 9.17) is 16.3 Å². The Bertz CT molecular complexity index is 682. The Balaban J connectivity index is 2.48. The molecule has 0 atom stereocenters. The predicted molar refractivity (Wildman–Crippen MR) is 80.6 cm³/mol. The van der Waals surface area contributed by atoms with Crippen molar-refractivity contribution in [2.45, 2.75) is 12.8 Å². The van der Waals surface area contributed by atoms with Gasteiger partial charge in [0.15, 0.2) is 5.82 Å². The minimum absolute atomic E-state index is 0.0244. The molecule has 0 N–H and O–H groups in total. The smallest absolute Gasteiger partial charge is 0.341 e. The van der Waals surface area contributed by atoms with Gasteiger partial charge in [0, 0.05) is 16.2 Å². The van der Waals surface area contributed by atoms with Gasteiger partial charge in [-0.25, -0.2) is 19.2 Å². The first kappa shape index (κ1) is 15.9. The third kappa shape index (κ3) is 3.57. The van der Waals surface area contributed by atoms with E-state index in [2.05, 4.69) is 25.9 Å². The van der Waals surface area contributed by atoms with Crippen LogP contribution in [0, 0.1) is 5.82 Å². The molecule has 0 unspecified atom stereocenters. The van der Waals surface area contributed by atoms with Gasteiger partial charge < -0.3 is 4.74 Å². The zero-order valence-electron chi connectivity index (χ0n) is 11.1. The van der Waals surface area contributed by atoms with E-state index < -0.39 is 11.8 Å². The van der Waals surface area contributed by atoms with Gasteiger partial charge in [0.25, 0.3) is 0 Å². The number of nitrogens with zero attached hydrogens (tertiary/aromatic N) is 2. The molecule has 2 rings (SSSR count). The van der Waals surface area contributed by atoms with Gasteiger partial charge in [-0.05, 0) is 25.1 Å². The lowest BCUT2D eigenvalue weighted by Gasteiger charge is -2.09. The number of aromatic nitrogens is 2. The van der Waals surface area contributed by atoms with E-state index in [1.54, 1.807) is 13.0 Å². The molecule has 0 aliphatic heterocycles. The van der Waals surface area contributed by atoms with Crippen molar-refractivity contribution in [3.05, 3.63) is 45.9 Å². The van der Waals surface area contributed by atoms with Gasteiger partial charge in [0.05, 0.1) is 18.2 Å². The molecule has 0 aliphatic rings. The highest BCUT2D eigenvalue weighted by Crippen LogP contribution is 2.27. The lowest BCUT2D eigenvalue weighted by molar-refractivity contribution is 0.0524. The molecule has 21 heavy (non-hydrogen) atoms. The summed E-state index contributed by atoms with van der Waals surface area (Å²) < 4.78 is 18.9. The summed E-state index contributed by atoms with van der Waals surface area (Å²) in [7, 11) is 0. The van der Waals surface area contributed by atoms with Crippen LogP contribution in [0.25, 0.3) is 11.4 Å². The molecule has 0 radical (unpaired) electrons. The van der Waals surface area contributed by atoms with E-state index in [1.165, 1.54) is 18.3 Å². The second kappa shape index (κ2) is 6.95. The third-order valence-corrected chi connectivity index (χ3v) is 3.60. The van der Waals surface area contributed by atoms with Crippen molar-refractivity contribution in [3.63, 3.8) is 0 Å². The molecule has 0 amide bonds. The van der Waals surface area contributed by atoms with Crippen molar-refractivity contribution in [1.29, 1.82) is 0 Å². The maximum Gasteiger partial charge on any atom is 0.341 e. The molecule has 1 aromatic carbocycles. The number of rotatable bonds is 4. The number of carbonyl (C=O) groups is 1. The number of ether oxygens (including phenoxy) is 1. The Kier molecular flexibility index (Phi) is 5.25. The van der Waals surface area contributed by atoms with Gasteiger partial charge in [0.1, 0.15) is 11.4 Å². The average molecular weight is 374 g/mol. The summed E-state index contributed by atoms with van der Waals surface area (Å²) in [5.41, 5.74) is 1.04. The van der Waals surface area contributed by atoms with E-state index in [-0.39, 0.29) is 23.9 Å². The Morgan fingerprint density at radius 3 is 2.90 bits per heavy atom. The van der Waals surface area contributed by atoms with Crippen LogP contribution in [0.15, 0.2) is 28.9 Å². The van der Waals surface area contributed by atoms with E-state index in [1.807, 2.05) is 0 Å². The van der Waals surface area contributed by atoms with Crippen LogP contribution in [0.5, 0.6) is 0 Å². The third-order valence-electron chi connectivity index (χ3n) is 2.66. The molecular weight excluding hydrogens is 363 g/mol. The number of halogens is 3. The minimum atomic E-state index is -0.530. The molecule has 0 saturated carbocycles. The summed E-state index contributed by atoms with van der Waals surface area (Å²) in [4.78, 5) is 20.1. The summed E-state index contributed by atoms with van der Waals surface area (Å²) >= 11 is 9.14. The Labute approximate surface area is 134 Å². The van der Waals surface area contributed by atoms with E-state index in [9.17, 15) is 9.18 Å². The zero-order valence-corrected chi connectivity index (χ0v) is 13.4. The van der Waals surface area contributed by atoms with Gasteiger partial charge in [-0.1, -0.05) is 15.9 Å². The second-order valence-electron chi connectivity index (χ2n) is 4.03. The molecule has 0 saturated heterocycles. The number of carbonyl (C=O) groups excluding carboxylic acids is 1. The van der Waals surface area contributed by atoms with Crippen LogP contribution in [0.3, 0.4) is 0 Å². The molecule has 2 aromatic rings. The normalized spacial score (nSPS) is 10.5. The first-order valence-corrected chi connectivity index (χ1v) is 7.44. The number of alkyl halides is 1. The lowest BCUT2D eigenvalue weighted by atomic mass is 10.2. The number of hydrogen-bond donors (Lipinski definition) is 0. The van der Waals surface area contributed by atoms with Crippen molar-refractivity contribution in [3.8, 4) is 11.4 Å². The predicted octanol–water partition coefficient (Wildman–Crippen LogP) is 3.96. The van der Waals surface area contributed by atoms with Crippen LogP contribution in [-0.2, 0) is 10.6 Å². The van der Waals surface area contributed by atoms with E-state index >= 15 is 0 Å². The monoisotopic (exact) mass is 372 g/mol. The quantitative estimate of drug-likeness (QED) is 0.601. The molecule has 0 fully saturated rings. The first-order chi connectivity index (χ1) is 10.1. The molecule has 0 spiro atoms. The Morgan fingerprint density at radius 2 is 2.24 bits per heavy atom. The fourth-order valence-corrected chi connectivity index (χ4v) is 2.32. The lowest BCUT2D eigenvalue weighted by Crippen LogP contribution is -2.10. The van der Waals surface area contributed by atoms with Crippen LogP contribution in [0.4, 0.5) is 4.39 Å². The maximum absolute atomic E-state index is 13.3. The van der Waals surface area contributed by atoms with Crippen molar-refractivity contribution < 1.29 is 13.9 Å². The van der Waals surface area contributed by atoms with Gasteiger partial charge in [-0.3, -0.25) is 0 Å². The van der Waals surface area contributed by atoms with Crippen molar-refractivity contribution in [1.82, 2.24) is 9.97 Å². The maximum atomic E-state index is 13.3. The summed E-state index contributed by atoms with van der Waals surface area (Å²) in [5, 5.41) is 0. The van der Waals surface area contributed by atoms with Crippen LogP contribution < -0.4 is 0 Å². The number of esters is 1. The molecule has 0 aliphatic carbocycles. The van der Waals surface area contributed by atoms with Crippen LogP contribution in [0.2, 0.25) is 0 Å². The summed E-state index contributed by atoms with van der Waals surface area (Å²) in [6, 6.07) is 4.19. The van der Waals surface area contributed by atoms with Gasteiger partial charge >= 0.3 is 5.97 Å². The molecule has 4 nitrogen and oxygen atoms in total. The molecule has 110 valence electrons. The molecule has 0 bridgehead atoms. The van der Waals surface area contributed by atoms with Gasteiger partial charge in [-0.15, -0.1) is 11.6 Å². The van der Waals surface area contributed by atoms with Crippen LogP contribution in [-0.4, -0.2) is 22.5 Å². The average Bonchev–Trinajstić information content (AvgIpc) is 2.49. The van der Waals surface area contributed by atoms with E-state index in [0.717, 1.165) is 0 Å². The fraction of sp³-hybridized carbons (Fsp3) is 0.214. The van der Waals surface area contributed by atoms with Gasteiger partial charge in [-0.2, -0.15) is 0 Å². The highest BCUT2D eigenvalue weighted by Gasteiger charge is 2.17. The summed E-state index contributed by atoms with van der Waals surface area (Å²) in [6.45, 7) is 1.95. The minimum Gasteiger partial charge on any atom is -0.462 e. The fourth-order valence-electron chi connectivity index (χ4n) is 1.70. The number of benzene rings is 1. The largest absolute Gasteiger partial charge is 0.462 e. The zero-order chi connectivity index (χ0) is 15.4. The highest BCUT2D eigenvalue weighted by atomic mass is 79.9. The molecule has 1 aromatic heterocycles. The van der Waals surface area contributed by atoms with E-state index in [0.29, 0.717) is 15.7 Å². The standard InChI is InChI=1S/C14H11BrClFN2O2/c1-2-21-14(20)10-7-18-13(19-12(10)6-16)9-5-8(17)3-4-11(9)15/h3-5,7H,2,6H2,1H3. The van der Waals surface area contributed by atoms with Crippen molar-refractivity contribution >= 4 is 33.5 Å². The van der Waals surface area contributed by atoms with Crippen molar-refractivity contribution in [2.24, 2.45) is 0 Å².